The summed E-state index contributed by atoms with van der Waals surface area (Å²) in [6.45, 7) is 2.96. The van der Waals surface area contributed by atoms with Gasteiger partial charge >= 0.3 is 7.12 Å². The summed E-state index contributed by atoms with van der Waals surface area (Å²) in [6, 6.07) is 31.5. The monoisotopic (exact) mass is 810 g/mol. The Kier molecular flexibility index (Phi) is 11.4. The van der Waals surface area contributed by atoms with Gasteiger partial charge in [0, 0.05) is 41.3 Å². The second kappa shape index (κ2) is 17.0. The van der Waals surface area contributed by atoms with Gasteiger partial charge in [0.05, 0.1) is 24.9 Å². The number of hydrogen-bond donors (Lipinski definition) is 3. The molecule has 2 aliphatic heterocycles. The first kappa shape index (κ1) is 39.7. The molecule has 0 spiro atoms. The molecule has 11 nitrogen and oxygen atoms in total. The van der Waals surface area contributed by atoms with Crippen molar-refractivity contribution in [2.45, 2.75) is 44.7 Å². The summed E-state index contributed by atoms with van der Waals surface area (Å²) < 4.78 is 22.9. The van der Waals surface area contributed by atoms with Gasteiger partial charge in [-0.05, 0) is 102 Å². The minimum absolute atomic E-state index is 0.0119. The molecule has 0 unspecified atom stereocenters. The standard InChI is InChI=1S/C45H41BClFN6O5/c1-27-51-52-44-40(50-43(30-10-12-35(47)13-11-30)38-24-36(59-2)14-16-41(38)54(27)44)25-42(55)49-26-28-9-15-39(48)37(21-28)29-17-19-53(20-18-29)45(56)33-7-3-5-31(22-33)32-6-4-8-34(23-32)46(57)58/h3-16,21-24,29,40,57-58H,17-20,25-26H2,1-2H3,(H,49,55)/t40-/m0/s1. The lowest BCUT2D eigenvalue weighted by Crippen LogP contribution is -2.38. The van der Waals surface area contributed by atoms with Crippen molar-refractivity contribution in [1.29, 1.82) is 0 Å². The van der Waals surface area contributed by atoms with Crippen LogP contribution in [0, 0.1) is 12.7 Å². The number of ether oxygens (including phenoxy) is 1. The van der Waals surface area contributed by atoms with Crippen molar-refractivity contribution in [3.63, 3.8) is 0 Å². The van der Waals surface area contributed by atoms with Crippen LogP contribution in [0.3, 0.4) is 0 Å². The van der Waals surface area contributed by atoms with Crippen LogP contribution < -0.4 is 15.5 Å². The Morgan fingerprint density at radius 1 is 0.898 bits per heavy atom. The maximum absolute atomic E-state index is 15.4. The number of carbonyl (C=O) groups is 2. The molecule has 1 atom stereocenters. The zero-order valence-corrected chi connectivity index (χ0v) is 33.2. The maximum atomic E-state index is 15.4. The highest BCUT2D eigenvalue weighted by molar-refractivity contribution is 6.58. The minimum atomic E-state index is -1.59. The number of amides is 2. The molecule has 298 valence electrons. The Labute approximate surface area is 346 Å². The third-order valence-electron chi connectivity index (χ3n) is 11.0. The number of aliphatic imine (C=N–C) groups is 1. The molecular weight excluding hydrogens is 770 g/mol. The fraction of sp³-hybridized carbons (Fsp3) is 0.222. The molecule has 1 aromatic heterocycles. The van der Waals surface area contributed by atoms with Crippen molar-refractivity contribution < 1.29 is 28.8 Å². The van der Waals surface area contributed by atoms with Crippen molar-refractivity contribution in [3.05, 3.63) is 160 Å². The summed E-state index contributed by atoms with van der Waals surface area (Å²) in [6.07, 6.45) is 1.15. The number of fused-ring (bicyclic) bond motifs is 3. The van der Waals surface area contributed by atoms with Gasteiger partial charge in [-0.2, -0.15) is 0 Å². The van der Waals surface area contributed by atoms with E-state index in [0.29, 0.717) is 70.7 Å². The lowest BCUT2D eigenvalue weighted by Gasteiger charge is -2.32. The van der Waals surface area contributed by atoms with E-state index in [-0.39, 0.29) is 36.5 Å². The van der Waals surface area contributed by atoms with Gasteiger partial charge in [0.25, 0.3) is 5.91 Å². The van der Waals surface area contributed by atoms with Crippen molar-refractivity contribution in [1.82, 2.24) is 25.0 Å². The van der Waals surface area contributed by atoms with Gasteiger partial charge in [-0.15, -0.1) is 10.2 Å². The zero-order valence-electron chi connectivity index (χ0n) is 32.5. The SMILES string of the molecule is COc1ccc2c(c1)C(c1ccc(Cl)cc1)=N[C@@H](CC(=O)NCc1ccc(F)c(C3CCN(C(=O)c4cccc(-c5cccc(B(O)O)c5)c4)CC3)c1)c1nnc(C)n1-2. The number of nitrogens with zero attached hydrogens (tertiary/aromatic N) is 5. The van der Waals surface area contributed by atoms with Gasteiger partial charge in [-0.25, -0.2) is 4.39 Å². The van der Waals surface area contributed by atoms with E-state index in [4.69, 9.17) is 21.3 Å². The fourth-order valence-electron chi connectivity index (χ4n) is 7.93. The molecule has 1 fully saturated rings. The second-order valence-corrected chi connectivity index (χ2v) is 15.2. The predicted octanol–water partition coefficient (Wildman–Crippen LogP) is 6.34. The normalized spacial score (nSPS) is 15.1. The fourth-order valence-corrected chi connectivity index (χ4v) is 8.05. The lowest BCUT2D eigenvalue weighted by molar-refractivity contribution is -0.121. The van der Waals surface area contributed by atoms with Gasteiger partial charge in [0.15, 0.2) is 5.82 Å². The number of likely N-dealkylation sites (tertiary alicyclic amines) is 1. The number of aryl methyl sites for hydroxylation is 1. The van der Waals surface area contributed by atoms with E-state index in [1.54, 1.807) is 60.5 Å². The van der Waals surface area contributed by atoms with Crippen LogP contribution in [-0.2, 0) is 11.3 Å². The molecule has 3 heterocycles. The van der Waals surface area contributed by atoms with Crippen LogP contribution in [0.5, 0.6) is 5.75 Å². The van der Waals surface area contributed by atoms with Crippen LogP contribution in [0.25, 0.3) is 16.8 Å². The topological polar surface area (TPSA) is 142 Å². The Morgan fingerprint density at radius 3 is 2.39 bits per heavy atom. The smallest absolute Gasteiger partial charge is 0.488 e. The zero-order chi connectivity index (χ0) is 41.2. The summed E-state index contributed by atoms with van der Waals surface area (Å²) in [5, 5.41) is 31.6. The summed E-state index contributed by atoms with van der Waals surface area (Å²) in [7, 11) is 0.0150. The molecule has 5 aromatic carbocycles. The number of aromatic nitrogens is 3. The van der Waals surface area contributed by atoms with Crippen molar-refractivity contribution >= 4 is 41.7 Å². The van der Waals surface area contributed by atoms with E-state index in [9.17, 15) is 19.6 Å². The quantitative estimate of drug-likeness (QED) is 0.137. The van der Waals surface area contributed by atoms with E-state index in [1.165, 1.54) is 6.07 Å². The van der Waals surface area contributed by atoms with E-state index >= 15 is 4.39 Å². The molecule has 2 amide bonds. The van der Waals surface area contributed by atoms with Crippen LogP contribution in [0.4, 0.5) is 4.39 Å². The number of carbonyl (C=O) groups excluding carboxylic acids is 2. The van der Waals surface area contributed by atoms with Crippen molar-refractivity contribution in [3.8, 4) is 22.6 Å². The van der Waals surface area contributed by atoms with Crippen molar-refractivity contribution in [2.75, 3.05) is 20.2 Å². The van der Waals surface area contributed by atoms with Crippen LogP contribution in [-0.4, -0.2) is 74.6 Å². The third kappa shape index (κ3) is 8.40. The van der Waals surface area contributed by atoms with E-state index in [0.717, 1.165) is 33.5 Å². The molecule has 2 aliphatic rings. The molecule has 0 radical (unpaired) electrons. The number of benzene rings is 5. The lowest BCUT2D eigenvalue weighted by atomic mass is 9.79. The average Bonchev–Trinajstić information content (AvgIpc) is 3.59. The highest BCUT2D eigenvalue weighted by Crippen LogP contribution is 2.35. The van der Waals surface area contributed by atoms with Crippen LogP contribution in [0.15, 0.2) is 114 Å². The highest BCUT2D eigenvalue weighted by Gasteiger charge is 2.31. The molecule has 6 aromatic rings. The van der Waals surface area contributed by atoms with Gasteiger partial charge in [-0.3, -0.25) is 19.1 Å². The van der Waals surface area contributed by atoms with E-state index in [1.807, 2.05) is 66.1 Å². The van der Waals surface area contributed by atoms with Gasteiger partial charge in [0.2, 0.25) is 5.91 Å². The molecule has 59 heavy (non-hydrogen) atoms. The Balaban J connectivity index is 0.944. The van der Waals surface area contributed by atoms with E-state index in [2.05, 4.69) is 15.5 Å². The number of nitrogens with one attached hydrogen (secondary N) is 1. The number of piperidine rings is 1. The first-order valence-corrected chi connectivity index (χ1v) is 19.8. The first-order valence-electron chi connectivity index (χ1n) is 19.4. The molecular formula is C45H41BClFN6O5. The highest BCUT2D eigenvalue weighted by atomic mass is 35.5. The molecule has 0 bridgehead atoms. The Hall–Kier alpha value is -6.15. The second-order valence-electron chi connectivity index (χ2n) is 14.8. The third-order valence-corrected chi connectivity index (χ3v) is 11.3. The minimum Gasteiger partial charge on any atom is -0.497 e. The van der Waals surface area contributed by atoms with Crippen LogP contribution in [0.1, 0.15) is 75.5 Å². The van der Waals surface area contributed by atoms with Gasteiger partial charge < -0.3 is 25.0 Å². The predicted molar refractivity (Wildman–Crippen MR) is 225 cm³/mol. The Morgan fingerprint density at radius 2 is 1.64 bits per heavy atom. The maximum Gasteiger partial charge on any atom is 0.488 e. The van der Waals surface area contributed by atoms with Crippen molar-refractivity contribution in [2.24, 2.45) is 4.99 Å². The van der Waals surface area contributed by atoms with Crippen LogP contribution in [0.2, 0.25) is 5.02 Å². The number of hydrogen-bond acceptors (Lipinski definition) is 8. The average molecular weight is 811 g/mol. The largest absolute Gasteiger partial charge is 0.497 e. The summed E-state index contributed by atoms with van der Waals surface area (Å²) in [5.74, 6) is 1.04. The molecule has 0 saturated carbocycles. The number of rotatable bonds is 10. The number of halogens is 2. The van der Waals surface area contributed by atoms with E-state index < -0.39 is 13.2 Å². The summed E-state index contributed by atoms with van der Waals surface area (Å²) >= 11 is 6.24. The molecule has 3 N–H and O–H groups in total. The Bertz CT molecular complexity index is 2570. The number of methoxy groups -OCH3 is 1. The molecule has 8 rings (SSSR count). The van der Waals surface area contributed by atoms with Gasteiger partial charge in [0.1, 0.15) is 23.4 Å². The molecule has 1 saturated heterocycles. The van der Waals surface area contributed by atoms with Crippen LogP contribution >= 0.6 is 11.6 Å². The molecule has 0 aliphatic carbocycles. The summed E-state index contributed by atoms with van der Waals surface area (Å²) in [5.41, 5.74) is 6.85. The first-order chi connectivity index (χ1) is 28.6. The molecule has 14 heteroatoms. The summed E-state index contributed by atoms with van der Waals surface area (Å²) in [4.78, 5) is 34.2. The van der Waals surface area contributed by atoms with Gasteiger partial charge in [-0.1, -0.05) is 72.3 Å².